The first-order valence-corrected chi connectivity index (χ1v) is 11.8. The Morgan fingerprint density at radius 3 is 2.14 bits per heavy atom. The third-order valence-corrected chi connectivity index (χ3v) is 6.50. The summed E-state index contributed by atoms with van der Waals surface area (Å²) in [7, 11) is 1.57. The number of para-hydroxylation sites is 1. The highest BCUT2D eigenvalue weighted by atomic mass is 16.5. The standard InChI is InChI=1S/C30H23N3O4/c1-36-23-18-16-22(17-19-23)28(34)32-33-26(20-10-4-2-5-11-20)27(21-12-6-3-7-13-21)37-30(33)24-14-8-9-15-25(24)31-29(30)35/h2-19H,1H3,(H,31,35)(H,32,34). The lowest BCUT2D eigenvalue weighted by molar-refractivity contribution is -0.148. The molecule has 4 aromatic rings. The highest BCUT2D eigenvalue weighted by Crippen LogP contribution is 2.52. The fourth-order valence-corrected chi connectivity index (χ4v) is 4.73. The van der Waals surface area contributed by atoms with Crippen molar-refractivity contribution in [2.45, 2.75) is 5.72 Å². The van der Waals surface area contributed by atoms with E-state index in [1.54, 1.807) is 36.4 Å². The van der Waals surface area contributed by atoms with Crippen LogP contribution in [0.3, 0.4) is 0 Å². The molecule has 2 aliphatic rings. The van der Waals surface area contributed by atoms with Crippen molar-refractivity contribution in [2.24, 2.45) is 0 Å². The number of nitrogens with one attached hydrogen (secondary N) is 2. The molecule has 7 heteroatoms. The van der Waals surface area contributed by atoms with E-state index in [2.05, 4.69) is 10.7 Å². The molecule has 0 radical (unpaired) electrons. The van der Waals surface area contributed by atoms with Crippen LogP contribution >= 0.6 is 0 Å². The molecule has 1 atom stereocenters. The minimum Gasteiger partial charge on any atom is -0.497 e. The van der Waals surface area contributed by atoms with Crippen LogP contribution in [0.1, 0.15) is 27.0 Å². The molecule has 2 heterocycles. The van der Waals surface area contributed by atoms with Gasteiger partial charge in [0.1, 0.15) is 11.4 Å². The topological polar surface area (TPSA) is 79.9 Å². The number of rotatable bonds is 5. The van der Waals surface area contributed by atoms with Gasteiger partial charge in [0, 0.05) is 16.7 Å². The number of benzene rings is 4. The second kappa shape index (κ2) is 8.87. The van der Waals surface area contributed by atoms with E-state index in [4.69, 9.17) is 9.47 Å². The number of carbonyl (C=O) groups is 2. The lowest BCUT2D eigenvalue weighted by atomic mass is 10.0. The lowest BCUT2D eigenvalue weighted by Crippen LogP contribution is -2.55. The summed E-state index contributed by atoms with van der Waals surface area (Å²) in [6.45, 7) is 0. The Kier molecular flexibility index (Phi) is 5.38. The van der Waals surface area contributed by atoms with E-state index in [0.29, 0.717) is 34.0 Å². The minimum atomic E-state index is -1.64. The van der Waals surface area contributed by atoms with Crippen LogP contribution in [-0.4, -0.2) is 23.9 Å². The van der Waals surface area contributed by atoms with Crippen LogP contribution in [0.5, 0.6) is 5.75 Å². The molecule has 2 aliphatic heterocycles. The number of fused-ring (bicyclic) bond motifs is 2. The molecule has 0 saturated heterocycles. The van der Waals surface area contributed by atoms with Gasteiger partial charge in [0.05, 0.1) is 18.4 Å². The Morgan fingerprint density at radius 1 is 0.838 bits per heavy atom. The zero-order chi connectivity index (χ0) is 25.4. The Labute approximate surface area is 213 Å². The van der Waals surface area contributed by atoms with Gasteiger partial charge in [0.25, 0.3) is 11.8 Å². The van der Waals surface area contributed by atoms with Gasteiger partial charge in [0.15, 0.2) is 5.76 Å². The van der Waals surface area contributed by atoms with E-state index in [9.17, 15) is 9.59 Å². The number of hydrogen-bond acceptors (Lipinski definition) is 5. The molecule has 7 nitrogen and oxygen atoms in total. The summed E-state index contributed by atoms with van der Waals surface area (Å²) in [6.07, 6.45) is 0. The number of hydrazine groups is 1. The molecule has 0 bridgehead atoms. The molecule has 2 N–H and O–H groups in total. The van der Waals surface area contributed by atoms with Gasteiger partial charge in [-0.05, 0) is 30.3 Å². The average Bonchev–Trinajstić information content (AvgIpc) is 3.44. The number of methoxy groups -OCH3 is 1. The zero-order valence-electron chi connectivity index (χ0n) is 20.0. The van der Waals surface area contributed by atoms with Crippen molar-refractivity contribution in [3.8, 4) is 5.75 Å². The quantitative estimate of drug-likeness (QED) is 0.412. The Morgan fingerprint density at radius 2 is 1.46 bits per heavy atom. The fraction of sp³-hybridized carbons (Fsp3) is 0.0667. The first-order valence-electron chi connectivity index (χ1n) is 11.8. The number of amides is 2. The Balaban J connectivity index is 1.55. The van der Waals surface area contributed by atoms with Gasteiger partial charge >= 0.3 is 5.72 Å². The van der Waals surface area contributed by atoms with Gasteiger partial charge in [-0.25, -0.2) is 5.01 Å². The second-order valence-corrected chi connectivity index (χ2v) is 8.66. The normalized spacial score (nSPS) is 17.9. The third kappa shape index (κ3) is 3.60. The fourth-order valence-electron chi connectivity index (χ4n) is 4.73. The Hall–Kier alpha value is -5.04. The largest absolute Gasteiger partial charge is 0.497 e. The molecule has 182 valence electrons. The van der Waals surface area contributed by atoms with Gasteiger partial charge < -0.3 is 14.8 Å². The maximum atomic E-state index is 13.7. The molecule has 0 aromatic heterocycles. The maximum Gasteiger partial charge on any atom is 0.308 e. The van der Waals surface area contributed by atoms with Gasteiger partial charge in [-0.1, -0.05) is 78.9 Å². The van der Waals surface area contributed by atoms with Crippen molar-refractivity contribution in [2.75, 3.05) is 12.4 Å². The molecule has 0 fully saturated rings. The average molecular weight is 490 g/mol. The van der Waals surface area contributed by atoms with Crippen molar-refractivity contribution in [3.05, 3.63) is 131 Å². The zero-order valence-corrected chi connectivity index (χ0v) is 20.0. The highest BCUT2D eigenvalue weighted by molar-refractivity contribution is 6.09. The van der Waals surface area contributed by atoms with Crippen LogP contribution in [0.4, 0.5) is 5.69 Å². The summed E-state index contributed by atoms with van der Waals surface area (Å²) in [5, 5.41) is 4.49. The minimum absolute atomic E-state index is 0.398. The molecule has 2 amide bonds. The van der Waals surface area contributed by atoms with E-state index in [0.717, 1.165) is 11.1 Å². The van der Waals surface area contributed by atoms with E-state index in [1.165, 1.54) is 0 Å². The summed E-state index contributed by atoms with van der Waals surface area (Å²) in [4.78, 5) is 27.3. The van der Waals surface area contributed by atoms with E-state index in [-0.39, 0.29) is 0 Å². The van der Waals surface area contributed by atoms with Crippen LogP contribution in [0.25, 0.3) is 11.5 Å². The molecular weight excluding hydrogens is 466 g/mol. The van der Waals surface area contributed by atoms with E-state index in [1.807, 2.05) is 84.9 Å². The van der Waals surface area contributed by atoms with Gasteiger partial charge in [-0.3, -0.25) is 15.0 Å². The SMILES string of the molecule is COc1ccc(C(=O)NN2C(c3ccccc3)=C(c3ccccc3)OC23C(=O)Nc2ccccc23)cc1. The third-order valence-electron chi connectivity index (χ3n) is 6.50. The number of ether oxygens (including phenoxy) is 2. The molecular formula is C30H23N3O4. The molecule has 1 unspecified atom stereocenters. The van der Waals surface area contributed by atoms with Crippen LogP contribution in [-0.2, 0) is 15.3 Å². The predicted molar refractivity (Wildman–Crippen MR) is 140 cm³/mol. The van der Waals surface area contributed by atoms with Gasteiger partial charge in [-0.15, -0.1) is 0 Å². The molecule has 1 spiro atoms. The smallest absolute Gasteiger partial charge is 0.308 e. The van der Waals surface area contributed by atoms with Crippen LogP contribution in [0, 0.1) is 0 Å². The predicted octanol–water partition coefficient (Wildman–Crippen LogP) is 5.00. The lowest BCUT2D eigenvalue weighted by Gasteiger charge is -2.34. The van der Waals surface area contributed by atoms with Crippen molar-refractivity contribution >= 4 is 29.0 Å². The summed E-state index contributed by atoms with van der Waals surface area (Å²) < 4.78 is 11.9. The van der Waals surface area contributed by atoms with Crippen molar-refractivity contribution in [1.82, 2.24) is 10.4 Å². The van der Waals surface area contributed by atoms with Crippen molar-refractivity contribution in [3.63, 3.8) is 0 Å². The van der Waals surface area contributed by atoms with Gasteiger partial charge in [0.2, 0.25) is 0 Å². The molecule has 37 heavy (non-hydrogen) atoms. The van der Waals surface area contributed by atoms with E-state index < -0.39 is 17.5 Å². The number of carbonyl (C=O) groups excluding carboxylic acids is 2. The summed E-state index contributed by atoms with van der Waals surface area (Å²) in [5.41, 5.74) is 5.12. The van der Waals surface area contributed by atoms with Crippen LogP contribution in [0.15, 0.2) is 109 Å². The monoisotopic (exact) mass is 489 g/mol. The summed E-state index contributed by atoms with van der Waals surface area (Å²) >= 11 is 0. The van der Waals surface area contributed by atoms with E-state index >= 15 is 0 Å². The second-order valence-electron chi connectivity index (χ2n) is 8.66. The Bertz CT molecular complexity index is 1520. The molecule has 0 saturated carbocycles. The molecule has 0 aliphatic carbocycles. The maximum absolute atomic E-state index is 13.7. The molecule has 4 aromatic carbocycles. The number of anilines is 1. The number of nitrogens with zero attached hydrogens (tertiary/aromatic N) is 1. The summed E-state index contributed by atoms with van der Waals surface area (Å²) in [5.74, 6) is 0.320. The molecule has 6 rings (SSSR count). The first-order chi connectivity index (χ1) is 18.1. The van der Waals surface area contributed by atoms with Crippen LogP contribution < -0.4 is 15.5 Å². The van der Waals surface area contributed by atoms with Crippen molar-refractivity contribution in [1.29, 1.82) is 0 Å². The van der Waals surface area contributed by atoms with Crippen molar-refractivity contribution < 1.29 is 19.1 Å². The summed E-state index contributed by atoms with van der Waals surface area (Å²) in [6, 6.07) is 33.2. The van der Waals surface area contributed by atoms with Crippen LogP contribution in [0.2, 0.25) is 0 Å². The highest BCUT2D eigenvalue weighted by Gasteiger charge is 2.60. The number of hydrogen-bond donors (Lipinski definition) is 2. The first kappa shape index (κ1) is 22.4. The van der Waals surface area contributed by atoms with Gasteiger partial charge in [-0.2, -0.15) is 0 Å².